The van der Waals surface area contributed by atoms with Gasteiger partial charge in [0.25, 0.3) is 0 Å². The third-order valence-corrected chi connectivity index (χ3v) is 4.37. The monoisotopic (exact) mass is 317 g/mol. The molecule has 0 saturated carbocycles. The molecule has 2 N–H and O–H groups in total. The first-order valence-electron chi connectivity index (χ1n) is 7.95. The lowest BCUT2D eigenvalue weighted by Crippen LogP contribution is -2.24. The number of hydrogen-bond acceptors (Lipinski definition) is 3. The predicted molar refractivity (Wildman–Crippen MR) is 89.4 cm³/mol. The lowest BCUT2D eigenvalue weighted by atomic mass is 9.98. The maximum Gasteiger partial charge on any atom is 0.326 e. The summed E-state index contributed by atoms with van der Waals surface area (Å²) in [5.74, 6) is 0.106. The number of imidazole rings is 1. The molecule has 0 bridgehead atoms. The van der Waals surface area contributed by atoms with Crippen LogP contribution in [-0.4, -0.2) is 21.9 Å². The Morgan fingerprint density at radius 3 is 2.78 bits per heavy atom. The van der Waals surface area contributed by atoms with Gasteiger partial charge in [0.05, 0.1) is 11.0 Å². The topological polar surface area (TPSA) is 84.0 Å². The predicted octanol–water partition coefficient (Wildman–Crippen LogP) is 2.46. The van der Waals surface area contributed by atoms with Crippen LogP contribution in [0.25, 0.3) is 11.0 Å². The zero-order chi connectivity index (χ0) is 17.0. The van der Waals surface area contributed by atoms with Crippen LogP contribution in [0.4, 0.5) is 0 Å². The van der Waals surface area contributed by atoms with Crippen molar-refractivity contribution in [2.24, 2.45) is 0 Å². The van der Waals surface area contributed by atoms with Crippen LogP contribution >= 0.6 is 0 Å². The fourth-order valence-corrected chi connectivity index (χ4v) is 2.74. The van der Waals surface area contributed by atoms with Gasteiger partial charge >= 0.3 is 5.69 Å². The Labute approximate surface area is 134 Å². The average Bonchev–Trinajstić information content (AvgIpc) is 2.87. The van der Waals surface area contributed by atoms with Crippen molar-refractivity contribution in [3.05, 3.63) is 34.2 Å². The van der Waals surface area contributed by atoms with E-state index >= 15 is 0 Å². The van der Waals surface area contributed by atoms with Crippen molar-refractivity contribution < 1.29 is 9.59 Å². The minimum absolute atomic E-state index is 0.136. The summed E-state index contributed by atoms with van der Waals surface area (Å²) in [4.78, 5) is 36.8. The van der Waals surface area contributed by atoms with Gasteiger partial charge in [-0.3, -0.25) is 19.5 Å². The van der Waals surface area contributed by atoms with E-state index < -0.39 is 0 Å². The van der Waals surface area contributed by atoms with Crippen LogP contribution in [0.3, 0.4) is 0 Å². The number of carbonyl (C=O) groups excluding carboxylic acids is 2. The first-order valence-corrected chi connectivity index (χ1v) is 7.95. The van der Waals surface area contributed by atoms with Crippen molar-refractivity contribution in [1.29, 1.82) is 0 Å². The van der Waals surface area contributed by atoms with Crippen molar-refractivity contribution in [2.75, 3.05) is 0 Å². The zero-order valence-corrected chi connectivity index (χ0v) is 13.8. The minimum atomic E-state index is -0.334. The molecule has 0 aliphatic rings. The van der Waals surface area contributed by atoms with E-state index in [-0.39, 0.29) is 24.1 Å². The van der Waals surface area contributed by atoms with E-state index in [0.29, 0.717) is 18.7 Å². The lowest BCUT2D eigenvalue weighted by molar-refractivity contribution is -0.125. The molecular formula is C17H23N3O3. The van der Waals surface area contributed by atoms with Crippen LogP contribution in [0.15, 0.2) is 23.0 Å². The first-order chi connectivity index (χ1) is 11.0. The van der Waals surface area contributed by atoms with Crippen molar-refractivity contribution in [1.82, 2.24) is 14.9 Å². The van der Waals surface area contributed by atoms with E-state index in [1.54, 1.807) is 4.57 Å². The molecule has 2 aromatic rings. The molecule has 0 aliphatic carbocycles. The van der Waals surface area contributed by atoms with Crippen molar-refractivity contribution in [3.63, 3.8) is 0 Å². The molecule has 0 saturated heterocycles. The number of aromatic amines is 1. The number of H-pyrrole nitrogens is 1. The van der Waals surface area contributed by atoms with Gasteiger partial charge in [0.1, 0.15) is 0 Å². The fraction of sp³-hybridized carbons (Fsp3) is 0.471. The van der Waals surface area contributed by atoms with Gasteiger partial charge in [-0.2, -0.15) is 0 Å². The second-order valence-electron chi connectivity index (χ2n) is 5.96. The number of aromatic nitrogens is 2. The van der Waals surface area contributed by atoms with Crippen molar-refractivity contribution in [3.8, 4) is 0 Å². The summed E-state index contributed by atoms with van der Waals surface area (Å²) in [6.07, 6.45) is 2.10. The molecular weight excluding hydrogens is 294 g/mol. The molecule has 124 valence electrons. The largest absolute Gasteiger partial charge is 0.326 e. The van der Waals surface area contributed by atoms with Crippen LogP contribution in [0.5, 0.6) is 0 Å². The van der Waals surface area contributed by atoms with Gasteiger partial charge in [0, 0.05) is 12.5 Å². The zero-order valence-electron chi connectivity index (χ0n) is 13.8. The number of hydrogen-bond donors (Lipinski definition) is 2. The SMILES string of the molecule is CCC(C)c1ccc2c(c1)[nH]c(=O)n2C(C)CCC(=O)NC=O. The van der Waals surface area contributed by atoms with Crippen LogP contribution < -0.4 is 11.0 Å². The minimum Gasteiger partial charge on any atom is -0.306 e. The standard InChI is InChI=1S/C17H23N3O3/c1-4-11(2)13-6-7-15-14(9-13)19-17(23)20(15)12(3)5-8-16(22)18-10-21/h6-7,9-12H,4-5,8H2,1-3H3,(H,19,23)(H,18,21,22). The van der Waals surface area contributed by atoms with Crippen LogP contribution in [0.2, 0.25) is 0 Å². The summed E-state index contributed by atoms with van der Waals surface area (Å²) < 4.78 is 1.67. The van der Waals surface area contributed by atoms with Crippen molar-refractivity contribution in [2.45, 2.75) is 52.0 Å². The lowest BCUT2D eigenvalue weighted by Gasteiger charge is -2.14. The molecule has 6 heteroatoms. The molecule has 1 heterocycles. The van der Waals surface area contributed by atoms with Crippen LogP contribution in [0, 0.1) is 0 Å². The molecule has 0 radical (unpaired) electrons. The van der Waals surface area contributed by atoms with E-state index in [2.05, 4.69) is 24.1 Å². The third-order valence-electron chi connectivity index (χ3n) is 4.37. The van der Waals surface area contributed by atoms with Gasteiger partial charge in [0.2, 0.25) is 12.3 Å². The Balaban J connectivity index is 2.26. The number of nitrogens with zero attached hydrogens (tertiary/aromatic N) is 1. The van der Waals surface area contributed by atoms with E-state index in [1.165, 1.54) is 5.56 Å². The number of nitrogens with one attached hydrogen (secondary N) is 2. The van der Waals surface area contributed by atoms with Crippen LogP contribution in [0.1, 0.15) is 57.6 Å². The Hall–Kier alpha value is -2.37. The number of amides is 2. The van der Waals surface area contributed by atoms with Gasteiger partial charge in [0.15, 0.2) is 0 Å². The quantitative estimate of drug-likeness (QED) is 0.769. The highest BCUT2D eigenvalue weighted by Gasteiger charge is 2.15. The maximum absolute atomic E-state index is 12.3. The first kappa shape index (κ1) is 17.0. The number of rotatable bonds is 7. The molecule has 1 aromatic heterocycles. The van der Waals surface area contributed by atoms with E-state index in [9.17, 15) is 14.4 Å². The molecule has 2 atom stereocenters. The Bertz CT molecular complexity index is 760. The van der Waals surface area contributed by atoms with Gasteiger partial charge in [-0.1, -0.05) is 19.9 Å². The highest BCUT2D eigenvalue weighted by atomic mass is 16.2. The Morgan fingerprint density at radius 1 is 1.39 bits per heavy atom. The normalized spacial score (nSPS) is 13.7. The highest BCUT2D eigenvalue weighted by molar-refractivity contribution is 5.85. The average molecular weight is 317 g/mol. The van der Waals surface area contributed by atoms with E-state index in [0.717, 1.165) is 17.5 Å². The van der Waals surface area contributed by atoms with Gasteiger partial charge in [-0.25, -0.2) is 4.79 Å². The molecule has 1 aromatic carbocycles. The number of imide groups is 1. The summed E-state index contributed by atoms with van der Waals surface area (Å²) in [6, 6.07) is 5.89. The number of benzene rings is 1. The Kier molecular flexibility index (Phi) is 5.36. The molecule has 0 fully saturated rings. The van der Waals surface area contributed by atoms with Gasteiger partial charge < -0.3 is 4.98 Å². The molecule has 0 aliphatic heterocycles. The Morgan fingerprint density at radius 2 is 2.13 bits per heavy atom. The number of fused-ring (bicyclic) bond motifs is 1. The smallest absolute Gasteiger partial charge is 0.306 e. The maximum atomic E-state index is 12.3. The molecule has 2 unspecified atom stereocenters. The third kappa shape index (κ3) is 3.70. The van der Waals surface area contributed by atoms with Crippen molar-refractivity contribution >= 4 is 23.4 Å². The van der Waals surface area contributed by atoms with E-state index in [1.807, 2.05) is 25.1 Å². The summed E-state index contributed by atoms with van der Waals surface area (Å²) in [7, 11) is 0. The summed E-state index contributed by atoms with van der Waals surface area (Å²) in [6.45, 7) is 6.19. The second-order valence-corrected chi connectivity index (χ2v) is 5.96. The molecule has 2 amide bonds. The summed E-state index contributed by atoms with van der Waals surface area (Å²) >= 11 is 0. The summed E-state index contributed by atoms with van der Waals surface area (Å²) in [5, 5.41) is 2.11. The molecule has 0 spiro atoms. The van der Waals surface area contributed by atoms with Gasteiger partial charge in [-0.15, -0.1) is 0 Å². The highest BCUT2D eigenvalue weighted by Crippen LogP contribution is 2.24. The summed E-state index contributed by atoms with van der Waals surface area (Å²) in [5.41, 5.74) is 2.68. The van der Waals surface area contributed by atoms with E-state index in [4.69, 9.17) is 0 Å². The molecule has 2 rings (SSSR count). The van der Waals surface area contributed by atoms with Crippen LogP contribution in [-0.2, 0) is 9.59 Å². The molecule has 6 nitrogen and oxygen atoms in total. The molecule has 23 heavy (non-hydrogen) atoms. The second kappa shape index (κ2) is 7.26. The fourth-order valence-electron chi connectivity index (χ4n) is 2.74. The number of carbonyl (C=O) groups is 2. The van der Waals surface area contributed by atoms with Gasteiger partial charge in [-0.05, 0) is 43.4 Å².